The summed E-state index contributed by atoms with van der Waals surface area (Å²) in [6.07, 6.45) is 2.60. The first-order valence-corrected chi connectivity index (χ1v) is 11.6. The fraction of sp³-hybridized carbons (Fsp3) is 0.294. The Hall–Kier alpha value is -1.68. The van der Waals surface area contributed by atoms with Gasteiger partial charge in [-0.3, -0.25) is 4.72 Å². The minimum atomic E-state index is -4.05. The standard InChI is InChI=1S/C17H18ClFN2O4S2/c18-16-12-14(7-8-17(16)19)26(22,23)20-13-5-4-6-15(11-13)27(24,25)21-9-2-1-3-10-21/h4-8,11-12,20H,1-3,9-10H2. The lowest BCUT2D eigenvalue weighted by atomic mass is 10.2. The predicted octanol–water partition coefficient (Wildman–Crippen LogP) is 3.45. The number of piperidine rings is 1. The topological polar surface area (TPSA) is 83.5 Å². The Morgan fingerprint density at radius 2 is 1.63 bits per heavy atom. The SMILES string of the molecule is O=S(=O)(Nc1cccc(S(=O)(=O)N2CCCCC2)c1)c1ccc(F)c(Cl)c1. The molecule has 0 bridgehead atoms. The van der Waals surface area contributed by atoms with Gasteiger partial charge in [0.1, 0.15) is 5.82 Å². The van der Waals surface area contributed by atoms with Crippen molar-refractivity contribution in [3.63, 3.8) is 0 Å². The highest BCUT2D eigenvalue weighted by molar-refractivity contribution is 7.92. The van der Waals surface area contributed by atoms with Crippen molar-refractivity contribution in [2.45, 2.75) is 29.1 Å². The number of benzene rings is 2. The Morgan fingerprint density at radius 3 is 2.30 bits per heavy atom. The average Bonchev–Trinajstić information content (AvgIpc) is 2.64. The molecule has 0 amide bonds. The third-order valence-electron chi connectivity index (χ3n) is 4.24. The van der Waals surface area contributed by atoms with Gasteiger partial charge >= 0.3 is 0 Å². The van der Waals surface area contributed by atoms with E-state index >= 15 is 0 Å². The van der Waals surface area contributed by atoms with E-state index in [1.165, 1.54) is 28.6 Å². The van der Waals surface area contributed by atoms with E-state index in [9.17, 15) is 21.2 Å². The van der Waals surface area contributed by atoms with E-state index < -0.39 is 25.9 Å². The van der Waals surface area contributed by atoms with Gasteiger partial charge in [0.05, 0.1) is 20.5 Å². The third kappa shape index (κ3) is 4.43. The van der Waals surface area contributed by atoms with Crippen molar-refractivity contribution >= 4 is 37.3 Å². The van der Waals surface area contributed by atoms with Crippen LogP contribution in [0.25, 0.3) is 0 Å². The number of nitrogens with zero attached hydrogens (tertiary/aromatic N) is 1. The third-order valence-corrected chi connectivity index (χ3v) is 7.80. The molecule has 6 nitrogen and oxygen atoms in total. The van der Waals surface area contributed by atoms with E-state index in [0.29, 0.717) is 13.1 Å². The molecule has 0 radical (unpaired) electrons. The molecule has 3 rings (SSSR count). The van der Waals surface area contributed by atoms with Crippen LogP contribution >= 0.6 is 11.6 Å². The Bertz CT molecular complexity index is 1050. The van der Waals surface area contributed by atoms with Gasteiger partial charge in [0.15, 0.2) is 0 Å². The smallest absolute Gasteiger partial charge is 0.261 e. The van der Waals surface area contributed by atoms with Crippen molar-refractivity contribution in [3.8, 4) is 0 Å². The molecule has 0 aromatic heterocycles. The lowest BCUT2D eigenvalue weighted by Gasteiger charge is -2.26. The van der Waals surface area contributed by atoms with Gasteiger partial charge in [0.2, 0.25) is 10.0 Å². The van der Waals surface area contributed by atoms with Crippen LogP contribution in [0.15, 0.2) is 52.3 Å². The molecule has 2 aromatic rings. The van der Waals surface area contributed by atoms with Crippen LogP contribution in [0.2, 0.25) is 5.02 Å². The molecule has 1 saturated heterocycles. The lowest BCUT2D eigenvalue weighted by Crippen LogP contribution is -2.35. The number of hydrogen-bond acceptors (Lipinski definition) is 4. The molecule has 10 heteroatoms. The number of sulfonamides is 2. The summed E-state index contributed by atoms with van der Waals surface area (Å²) in [4.78, 5) is -0.208. The maximum atomic E-state index is 13.3. The zero-order valence-electron chi connectivity index (χ0n) is 14.2. The Balaban J connectivity index is 1.88. The van der Waals surface area contributed by atoms with E-state index in [0.717, 1.165) is 37.5 Å². The van der Waals surface area contributed by atoms with Crippen LogP contribution in [0.1, 0.15) is 19.3 Å². The van der Waals surface area contributed by atoms with Crippen molar-refractivity contribution < 1.29 is 21.2 Å². The van der Waals surface area contributed by atoms with Gasteiger partial charge < -0.3 is 0 Å². The molecule has 1 fully saturated rings. The predicted molar refractivity (Wildman–Crippen MR) is 101 cm³/mol. The second-order valence-corrected chi connectivity index (χ2v) is 10.2. The second kappa shape index (κ2) is 7.75. The quantitative estimate of drug-likeness (QED) is 0.784. The number of halogens is 2. The summed E-state index contributed by atoms with van der Waals surface area (Å²) in [5.74, 6) is -0.731. The minimum Gasteiger partial charge on any atom is -0.280 e. The van der Waals surface area contributed by atoms with Gasteiger partial charge in [-0.1, -0.05) is 24.1 Å². The summed E-state index contributed by atoms with van der Waals surface area (Å²) in [6.45, 7) is 0.902. The maximum absolute atomic E-state index is 13.3. The molecule has 27 heavy (non-hydrogen) atoms. The summed E-state index contributed by atoms with van der Waals surface area (Å²) in [7, 11) is -7.74. The van der Waals surface area contributed by atoms with Gasteiger partial charge in [-0.25, -0.2) is 21.2 Å². The highest BCUT2D eigenvalue weighted by atomic mass is 35.5. The van der Waals surface area contributed by atoms with E-state index in [4.69, 9.17) is 11.6 Å². The summed E-state index contributed by atoms with van der Waals surface area (Å²) in [6, 6.07) is 8.63. The van der Waals surface area contributed by atoms with Crippen molar-refractivity contribution in [3.05, 3.63) is 53.3 Å². The molecule has 146 valence electrons. The van der Waals surface area contributed by atoms with Crippen molar-refractivity contribution in [2.24, 2.45) is 0 Å². The lowest BCUT2D eigenvalue weighted by molar-refractivity contribution is 0.346. The van der Waals surface area contributed by atoms with Crippen LogP contribution in [-0.2, 0) is 20.0 Å². The normalized spacial score (nSPS) is 16.2. The van der Waals surface area contributed by atoms with Crippen LogP contribution in [0.5, 0.6) is 0 Å². The molecule has 1 aliphatic heterocycles. The summed E-state index contributed by atoms with van der Waals surface area (Å²) in [5.41, 5.74) is 0.0912. The number of hydrogen-bond donors (Lipinski definition) is 1. The van der Waals surface area contributed by atoms with Gasteiger partial charge in [0.25, 0.3) is 10.0 Å². The van der Waals surface area contributed by atoms with Gasteiger partial charge in [0, 0.05) is 13.1 Å². The number of nitrogens with one attached hydrogen (secondary N) is 1. The van der Waals surface area contributed by atoms with Crippen molar-refractivity contribution in [1.82, 2.24) is 4.31 Å². The molecule has 0 unspecified atom stereocenters. The minimum absolute atomic E-state index is 0.0155. The summed E-state index contributed by atoms with van der Waals surface area (Å²) in [5, 5.41) is -0.320. The molecule has 0 aliphatic carbocycles. The molecule has 1 N–H and O–H groups in total. The Morgan fingerprint density at radius 1 is 0.926 bits per heavy atom. The molecule has 1 heterocycles. The second-order valence-electron chi connectivity index (χ2n) is 6.17. The molecular formula is C17H18ClFN2O4S2. The highest BCUT2D eigenvalue weighted by Gasteiger charge is 2.26. The number of anilines is 1. The number of rotatable bonds is 5. The first-order valence-electron chi connectivity index (χ1n) is 8.28. The first kappa shape index (κ1) is 20.1. The van der Waals surface area contributed by atoms with Crippen molar-refractivity contribution in [1.29, 1.82) is 0 Å². The Kier molecular flexibility index (Phi) is 5.76. The van der Waals surface area contributed by atoms with E-state index in [1.807, 2.05) is 0 Å². The fourth-order valence-electron chi connectivity index (χ4n) is 2.83. The molecule has 2 aromatic carbocycles. The fourth-order valence-corrected chi connectivity index (χ4v) is 5.72. The van der Waals surface area contributed by atoms with Crippen LogP contribution in [0.4, 0.5) is 10.1 Å². The largest absolute Gasteiger partial charge is 0.280 e. The van der Waals surface area contributed by atoms with E-state index in [2.05, 4.69) is 4.72 Å². The Labute approximate surface area is 163 Å². The summed E-state index contributed by atoms with van der Waals surface area (Å²) >= 11 is 5.64. The zero-order chi connectivity index (χ0) is 19.7. The highest BCUT2D eigenvalue weighted by Crippen LogP contribution is 2.25. The van der Waals surface area contributed by atoms with E-state index in [1.54, 1.807) is 0 Å². The zero-order valence-corrected chi connectivity index (χ0v) is 16.6. The van der Waals surface area contributed by atoms with Crippen molar-refractivity contribution in [2.75, 3.05) is 17.8 Å². The van der Waals surface area contributed by atoms with Crippen LogP contribution in [-0.4, -0.2) is 34.2 Å². The molecule has 0 saturated carbocycles. The van der Waals surface area contributed by atoms with Gasteiger partial charge in [-0.15, -0.1) is 0 Å². The maximum Gasteiger partial charge on any atom is 0.261 e. The monoisotopic (exact) mass is 432 g/mol. The van der Waals surface area contributed by atoms with E-state index in [-0.39, 0.29) is 20.5 Å². The van der Waals surface area contributed by atoms with Crippen LogP contribution < -0.4 is 4.72 Å². The summed E-state index contributed by atoms with van der Waals surface area (Å²) < 4.78 is 67.4. The van der Waals surface area contributed by atoms with Gasteiger partial charge in [-0.2, -0.15) is 4.31 Å². The van der Waals surface area contributed by atoms with Crippen LogP contribution in [0, 0.1) is 5.82 Å². The average molecular weight is 433 g/mol. The molecule has 0 atom stereocenters. The molecular weight excluding hydrogens is 415 g/mol. The molecule has 1 aliphatic rings. The van der Waals surface area contributed by atoms with Crippen LogP contribution in [0.3, 0.4) is 0 Å². The first-order chi connectivity index (χ1) is 12.7. The molecule has 0 spiro atoms. The van der Waals surface area contributed by atoms with Gasteiger partial charge in [-0.05, 0) is 49.2 Å².